The second kappa shape index (κ2) is 9.30. The van der Waals surface area contributed by atoms with Crippen molar-refractivity contribution in [2.75, 3.05) is 13.1 Å². The van der Waals surface area contributed by atoms with Gasteiger partial charge in [0, 0.05) is 24.2 Å². The quantitative estimate of drug-likeness (QED) is 0.496. The van der Waals surface area contributed by atoms with Crippen molar-refractivity contribution in [2.24, 2.45) is 0 Å². The predicted octanol–water partition coefficient (Wildman–Crippen LogP) is 5.35. The number of hydrogen-bond donors (Lipinski definition) is 0. The second-order valence-electron chi connectivity index (χ2n) is 8.58. The molecule has 1 heterocycles. The largest absolute Gasteiger partial charge is 0.289 e. The molecule has 168 valence electrons. The summed E-state index contributed by atoms with van der Waals surface area (Å²) >= 11 is 0. The Morgan fingerprint density at radius 3 is 1.39 bits per heavy atom. The lowest BCUT2D eigenvalue weighted by atomic mass is 9.95. The maximum absolute atomic E-state index is 13.5. The Kier molecular flexibility index (Phi) is 6.45. The molecule has 0 N–H and O–H groups in total. The normalized spacial score (nSPS) is 17.6. The van der Waals surface area contributed by atoms with Gasteiger partial charge in [-0.2, -0.15) is 4.31 Å². The van der Waals surface area contributed by atoms with Gasteiger partial charge in [-0.25, -0.2) is 8.42 Å². The molecule has 3 aromatic rings. The van der Waals surface area contributed by atoms with Crippen LogP contribution >= 0.6 is 0 Å². The first-order valence-corrected chi connectivity index (χ1v) is 12.3. The minimum absolute atomic E-state index is 0.0359. The molecule has 0 saturated carbocycles. The average molecular weight is 458 g/mol. The van der Waals surface area contributed by atoms with E-state index < -0.39 is 10.0 Å². The topological polar surface area (TPSA) is 54.5 Å². The molecule has 5 heteroatoms. The van der Waals surface area contributed by atoms with E-state index in [0.29, 0.717) is 11.1 Å². The number of carbonyl (C=O) groups is 1. The summed E-state index contributed by atoms with van der Waals surface area (Å²) < 4.78 is 28.3. The Labute approximate surface area is 195 Å². The van der Waals surface area contributed by atoms with E-state index in [1.165, 1.54) is 4.31 Å². The van der Waals surface area contributed by atoms with E-state index in [2.05, 4.69) is 0 Å². The molecule has 3 aromatic carbocycles. The zero-order valence-electron chi connectivity index (χ0n) is 19.1. The van der Waals surface area contributed by atoms with Crippen LogP contribution in [0.2, 0.25) is 0 Å². The lowest BCUT2D eigenvalue weighted by molar-refractivity contribution is -0.113. The van der Waals surface area contributed by atoms with Crippen LogP contribution in [0.15, 0.2) is 88.8 Å². The zero-order valence-corrected chi connectivity index (χ0v) is 19.9. The van der Waals surface area contributed by atoms with Gasteiger partial charge in [-0.15, -0.1) is 0 Å². The number of ketones is 1. The summed E-state index contributed by atoms with van der Waals surface area (Å²) in [6.07, 6.45) is 3.59. The van der Waals surface area contributed by atoms with E-state index in [1.807, 2.05) is 69.3 Å². The van der Waals surface area contributed by atoms with Crippen molar-refractivity contribution in [1.82, 2.24) is 4.31 Å². The SMILES string of the molecule is Cc1ccc(/C=C2/CN(S(=O)(=O)c3ccc(C)cc3)C/C(=C\c3ccc(C)cc3)C2=O)cc1. The van der Waals surface area contributed by atoms with Crippen LogP contribution in [-0.2, 0) is 14.8 Å². The van der Waals surface area contributed by atoms with Crippen LogP contribution in [0.5, 0.6) is 0 Å². The van der Waals surface area contributed by atoms with Gasteiger partial charge in [0.25, 0.3) is 0 Å². The third-order valence-corrected chi connectivity index (χ3v) is 7.58. The molecule has 1 aliphatic heterocycles. The van der Waals surface area contributed by atoms with Crippen molar-refractivity contribution >= 4 is 28.0 Å². The van der Waals surface area contributed by atoms with Crippen molar-refractivity contribution in [3.8, 4) is 0 Å². The Balaban J connectivity index is 1.77. The highest BCUT2D eigenvalue weighted by atomic mass is 32.2. The van der Waals surface area contributed by atoms with Crippen molar-refractivity contribution < 1.29 is 13.2 Å². The first-order chi connectivity index (χ1) is 15.7. The molecule has 0 atom stereocenters. The molecule has 4 rings (SSSR count). The molecule has 0 aliphatic carbocycles. The molecule has 0 aromatic heterocycles. The molecular weight excluding hydrogens is 430 g/mol. The van der Waals surface area contributed by atoms with Crippen molar-refractivity contribution in [2.45, 2.75) is 25.7 Å². The fourth-order valence-electron chi connectivity index (χ4n) is 3.77. The van der Waals surface area contributed by atoms with E-state index in [1.54, 1.807) is 36.4 Å². The summed E-state index contributed by atoms with van der Waals surface area (Å²) in [6, 6.07) is 22.5. The number of Topliss-reactive ketones (excluding diaryl/α,β-unsaturated/α-hetero) is 1. The third kappa shape index (κ3) is 5.21. The molecule has 0 amide bonds. The summed E-state index contributed by atoms with van der Waals surface area (Å²) in [5.41, 5.74) is 5.88. The van der Waals surface area contributed by atoms with Crippen LogP contribution in [0.4, 0.5) is 0 Å². The molecule has 0 spiro atoms. The number of nitrogens with zero attached hydrogens (tertiary/aromatic N) is 1. The third-order valence-electron chi connectivity index (χ3n) is 5.77. The van der Waals surface area contributed by atoms with E-state index in [4.69, 9.17) is 0 Å². The van der Waals surface area contributed by atoms with Crippen molar-refractivity contribution in [3.05, 3.63) is 112 Å². The Hall–Kier alpha value is -3.28. The van der Waals surface area contributed by atoms with Crippen LogP contribution in [0.1, 0.15) is 27.8 Å². The minimum Gasteiger partial charge on any atom is -0.289 e. The van der Waals surface area contributed by atoms with Gasteiger partial charge in [-0.1, -0.05) is 77.4 Å². The summed E-state index contributed by atoms with van der Waals surface area (Å²) in [7, 11) is -3.77. The molecule has 33 heavy (non-hydrogen) atoms. The number of rotatable bonds is 4. The Bertz CT molecular complexity index is 1260. The van der Waals surface area contributed by atoms with Crippen LogP contribution in [0, 0.1) is 20.8 Å². The smallest absolute Gasteiger partial charge is 0.243 e. The van der Waals surface area contributed by atoms with Gasteiger partial charge in [-0.05, 0) is 56.2 Å². The highest BCUT2D eigenvalue weighted by Crippen LogP contribution is 2.27. The van der Waals surface area contributed by atoms with Crippen LogP contribution < -0.4 is 0 Å². The Morgan fingerprint density at radius 2 is 1.00 bits per heavy atom. The molecule has 1 aliphatic rings. The number of hydrogen-bond acceptors (Lipinski definition) is 3. The van der Waals surface area contributed by atoms with E-state index >= 15 is 0 Å². The highest BCUT2D eigenvalue weighted by Gasteiger charge is 2.34. The number of benzene rings is 3. The molecule has 1 fully saturated rings. The first kappa shape index (κ1) is 22.9. The van der Waals surface area contributed by atoms with Crippen molar-refractivity contribution in [1.29, 1.82) is 0 Å². The maximum Gasteiger partial charge on any atom is 0.243 e. The number of carbonyl (C=O) groups excluding carboxylic acids is 1. The summed E-state index contributed by atoms with van der Waals surface area (Å²) in [4.78, 5) is 13.6. The molecule has 0 bridgehead atoms. The molecule has 4 nitrogen and oxygen atoms in total. The number of aryl methyl sites for hydroxylation is 3. The van der Waals surface area contributed by atoms with E-state index in [9.17, 15) is 13.2 Å². The van der Waals surface area contributed by atoms with Gasteiger partial charge >= 0.3 is 0 Å². The minimum atomic E-state index is -3.77. The Morgan fingerprint density at radius 1 is 0.636 bits per heavy atom. The fraction of sp³-hybridized carbons (Fsp3) is 0.179. The summed E-state index contributed by atoms with van der Waals surface area (Å²) in [5, 5.41) is 0. The highest BCUT2D eigenvalue weighted by molar-refractivity contribution is 7.89. The number of piperidine rings is 1. The van der Waals surface area contributed by atoms with Crippen molar-refractivity contribution in [3.63, 3.8) is 0 Å². The second-order valence-corrected chi connectivity index (χ2v) is 10.5. The zero-order chi connectivity index (χ0) is 23.6. The monoisotopic (exact) mass is 457 g/mol. The van der Waals surface area contributed by atoms with Crippen LogP contribution in [-0.4, -0.2) is 31.6 Å². The maximum atomic E-state index is 13.5. The predicted molar refractivity (Wildman–Crippen MR) is 133 cm³/mol. The fourth-order valence-corrected chi connectivity index (χ4v) is 5.16. The molecular formula is C28H27NO3S. The van der Waals surface area contributed by atoms with Crippen LogP contribution in [0.25, 0.3) is 12.2 Å². The molecule has 1 saturated heterocycles. The average Bonchev–Trinajstić information content (AvgIpc) is 2.79. The van der Waals surface area contributed by atoms with Crippen LogP contribution in [0.3, 0.4) is 0 Å². The van der Waals surface area contributed by atoms with E-state index in [-0.39, 0.29) is 23.8 Å². The molecule has 0 radical (unpaired) electrons. The molecule has 0 unspecified atom stereocenters. The lowest BCUT2D eigenvalue weighted by Gasteiger charge is -2.29. The van der Waals surface area contributed by atoms with E-state index in [0.717, 1.165) is 27.8 Å². The summed E-state index contributed by atoms with van der Waals surface area (Å²) in [6.45, 7) is 5.99. The van der Waals surface area contributed by atoms with Gasteiger partial charge in [0.1, 0.15) is 0 Å². The van der Waals surface area contributed by atoms with Gasteiger partial charge in [-0.3, -0.25) is 4.79 Å². The standard InChI is InChI=1S/C28H27NO3S/c1-20-4-10-23(11-5-20)16-25-18-29(33(31,32)27-14-8-22(3)9-15-27)19-26(28(25)30)17-24-12-6-21(2)7-13-24/h4-17H,18-19H2,1-3H3/b25-16-,26-17+. The summed E-state index contributed by atoms with van der Waals surface area (Å²) in [5.74, 6) is -0.119. The number of sulfonamides is 1. The van der Waals surface area contributed by atoms with Gasteiger partial charge < -0.3 is 0 Å². The van der Waals surface area contributed by atoms with Gasteiger partial charge in [0.2, 0.25) is 10.0 Å². The van der Waals surface area contributed by atoms with Gasteiger partial charge in [0.15, 0.2) is 5.78 Å². The lowest BCUT2D eigenvalue weighted by Crippen LogP contribution is -2.41. The van der Waals surface area contributed by atoms with Gasteiger partial charge in [0.05, 0.1) is 4.90 Å². The first-order valence-electron chi connectivity index (χ1n) is 10.9.